The van der Waals surface area contributed by atoms with Gasteiger partial charge in [0.05, 0.1) is 10.0 Å². The lowest BCUT2D eigenvalue weighted by molar-refractivity contribution is 0.619. The van der Waals surface area contributed by atoms with E-state index in [1.165, 1.54) is 0 Å². The fraction of sp³-hybridized carbons (Fsp3) is 0.143. The largest absolute Gasteiger partial charge is 0.205 e. The normalized spacial score (nSPS) is 10.0. The molecular weight excluding hydrogens is 174 g/mol. The molecule has 0 bridgehead atoms. The van der Waals surface area contributed by atoms with Crippen molar-refractivity contribution in [3.05, 3.63) is 33.6 Å². The molecule has 54 valence electrons. The van der Waals surface area contributed by atoms with Crippen LogP contribution in [0.2, 0.25) is 10.0 Å². The molecule has 0 nitrogen and oxygen atoms in total. The minimum absolute atomic E-state index is 0.00154. The molecule has 1 aromatic carbocycles. The summed E-state index contributed by atoms with van der Waals surface area (Å²) in [4.78, 5) is 0. The van der Waals surface area contributed by atoms with E-state index in [4.69, 9.17) is 23.2 Å². The van der Waals surface area contributed by atoms with Gasteiger partial charge in [0.1, 0.15) is 5.82 Å². The number of benzene rings is 1. The molecule has 0 amide bonds. The van der Waals surface area contributed by atoms with Crippen molar-refractivity contribution in [3.8, 4) is 0 Å². The Labute approximate surface area is 68.6 Å². The van der Waals surface area contributed by atoms with E-state index in [-0.39, 0.29) is 10.0 Å². The molecule has 0 aromatic heterocycles. The van der Waals surface area contributed by atoms with Crippen molar-refractivity contribution in [1.82, 2.24) is 0 Å². The van der Waals surface area contributed by atoms with E-state index >= 15 is 0 Å². The summed E-state index contributed by atoms with van der Waals surface area (Å²) >= 11 is 11.0. The van der Waals surface area contributed by atoms with Crippen LogP contribution >= 0.6 is 23.2 Å². The molecular formula is C7H5Cl2F. The van der Waals surface area contributed by atoms with Crippen LogP contribution in [0.15, 0.2) is 12.1 Å². The maximum Gasteiger partial charge on any atom is 0.146 e. The fourth-order valence-electron chi connectivity index (χ4n) is 0.622. The van der Waals surface area contributed by atoms with Crippen LogP contribution in [0.3, 0.4) is 0 Å². The molecule has 0 heterocycles. The monoisotopic (exact) mass is 178 g/mol. The summed E-state index contributed by atoms with van der Waals surface area (Å²) < 4.78 is 12.8. The maximum atomic E-state index is 12.8. The van der Waals surface area contributed by atoms with E-state index in [9.17, 15) is 4.39 Å². The van der Waals surface area contributed by atoms with Gasteiger partial charge in [-0.05, 0) is 18.6 Å². The Morgan fingerprint density at radius 3 is 2.40 bits per heavy atom. The van der Waals surface area contributed by atoms with Crippen LogP contribution in [0.1, 0.15) is 5.56 Å². The van der Waals surface area contributed by atoms with Crippen molar-refractivity contribution in [1.29, 1.82) is 0 Å². The van der Waals surface area contributed by atoms with E-state index in [2.05, 4.69) is 0 Å². The van der Waals surface area contributed by atoms with Crippen LogP contribution in [0, 0.1) is 12.7 Å². The van der Waals surface area contributed by atoms with E-state index in [1.54, 1.807) is 19.1 Å². The van der Waals surface area contributed by atoms with E-state index < -0.39 is 5.82 Å². The number of rotatable bonds is 0. The van der Waals surface area contributed by atoms with Gasteiger partial charge in [-0.2, -0.15) is 0 Å². The zero-order valence-corrected chi connectivity index (χ0v) is 6.80. The van der Waals surface area contributed by atoms with Gasteiger partial charge < -0.3 is 0 Å². The predicted molar refractivity (Wildman–Crippen MR) is 41.2 cm³/mol. The number of hydrogen-bond donors (Lipinski definition) is 0. The summed E-state index contributed by atoms with van der Waals surface area (Å²) in [5, 5.41) is 0.256. The Hall–Kier alpha value is -0.270. The first-order valence-electron chi connectivity index (χ1n) is 2.73. The molecule has 0 saturated carbocycles. The molecule has 0 spiro atoms. The van der Waals surface area contributed by atoms with Gasteiger partial charge in [0, 0.05) is 0 Å². The summed E-state index contributed by atoms with van der Waals surface area (Å²) in [5.74, 6) is -0.436. The average molecular weight is 179 g/mol. The summed E-state index contributed by atoms with van der Waals surface area (Å²) in [7, 11) is 0. The van der Waals surface area contributed by atoms with Gasteiger partial charge >= 0.3 is 0 Å². The van der Waals surface area contributed by atoms with Crippen LogP contribution < -0.4 is 0 Å². The van der Waals surface area contributed by atoms with Gasteiger partial charge in [0.2, 0.25) is 0 Å². The van der Waals surface area contributed by atoms with Gasteiger partial charge in [0.25, 0.3) is 0 Å². The van der Waals surface area contributed by atoms with Crippen LogP contribution in [0.25, 0.3) is 0 Å². The first kappa shape index (κ1) is 7.83. The fourth-order valence-corrected chi connectivity index (χ4v) is 0.980. The molecule has 0 N–H and O–H groups in total. The second-order valence-electron chi connectivity index (χ2n) is 1.99. The van der Waals surface area contributed by atoms with Gasteiger partial charge in [-0.1, -0.05) is 29.3 Å². The molecule has 0 atom stereocenters. The Bertz CT molecular complexity index is 231. The highest BCUT2D eigenvalue weighted by atomic mass is 35.5. The van der Waals surface area contributed by atoms with E-state index in [1.807, 2.05) is 0 Å². The zero-order chi connectivity index (χ0) is 7.72. The zero-order valence-electron chi connectivity index (χ0n) is 5.29. The van der Waals surface area contributed by atoms with Gasteiger partial charge in [-0.3, -0.25) is 0 Å². The summed E-state index contributed by atoms with van der Waals surface area (Å²) in [5.41, 5.74) is 0.509. The quantitative estimate of drug-likeness (QED) is 0.535. The third kappa shape index (κ3) is 1.25. The highest BCUT2D eigenvalue weighted by Crippen LogP contribution is 2.26. The Morgan fingerprint density at radius 2 is 1.90 bits per heavy atom. The molecule has 0 radical (unpaired) electrons. The van der Waals surface area contributed by atoms with Gasteiger partial charge in [-0.25, -0.2) is 4.39 Å². The average Bonchev–Trinajstić information content (AvgIpc) is 1.93. The molecule has 1 rings (SSSR count). The van der Waals surface area contributed by atoms with Crippen LogP contribution in [0.4, 0.5) is 4.39 Å². The topological polar surface area (TPSA) is 0 Å². The second kappa shape index (κ2) is 2.77. The van der Waals surface area contributed by atoms with Crippen LogP contribution in [-0.2, 0) is 0 Å². The standard InChI is InChI=1S/C7H5Cl2F/c1-4-2-3-5(8)6(9)7(4)10/h2-3H,1H3. The van der Waals surface area contributed by atoms with Crippen LogP contribution in [0.5, 0.6) is 0 Å². The molecule has 0 aliphatic carbocycles. The maximum absolute atomic E-state index is 12.8. The van der Waals surface area contributed by atoms with Crippen molar-refractivity contribution in [2.24, 2.45) is 0 Å². The second-order valence-corrected chi connectivity index (χ2v) is 2.78. The molecule has 0 fully saturated rings. The summed E-state index contributed by atoms with van der Waals surface area (Å²) in [6.45, 7) is 1.64. The lowest BCUT2D eigenvalue weighted by atomic mass is 10.2. The van der Waals surface area contributed by atoms with Crippen molar-refractivity contribution in [2.75, 3.05) is 0 Å². The summed E-state index contributed by atoms with van der Waals surface area (Å²) in [6.07, 6.45) is 0. The Morgan fingerprint density at radius 1 is 1.30 bits per heavy atom. The third-order valence-electron chi connectivity index (χ3n) is 1.23. The highest BCUT2D eigenvalue weighted by molar-refractivity contribution is 6.42. The molecule has 0 aliphatic rings. The Kier molecular flexibility index (Phi) is 2.17. The van der Waals surface area contributed by atoms with Crippen molar-refractivity contribution >= 4 is 23.2 Å². The number of hydrogen-bond acceptors (Lipinski definition) is 0. The minimum Gasteiger partial charge on any atom is -0.205 e. The van der Waals surface area contributed by atoms with Crippen molar-refractivity contribution in [2.45, 2.75) is 6.92 Å². The van der Waals surface area contributed by atoms with E-state index in [0.29, 0.717) is 5.56 Å². The number of aryl methyl sites for hydroxylation is 1. The molecule has 3 heteroatoms. The predicted octanol–water partition coefficient (Wildman–Crippen LogP) is 3.44. The lowest BCUT2D eigenvalue weighted by Gasteiger charge is -1.98. The molecule has 1 aromatic rings. The number of halogens is 3. The summed E-state index contributed by atoms with van der Waals surface area (Å²) in [6, 6.07) is 3.16. The highest BCUT2D eigenvalue weighted by Gasteiger charge is 2.05. The lowest BCUT2D eigenvalue weighted by Crippen LogP contribution is -1.82. The SMILES string of the molecule is Cc1ccc(Cl)c(Cl)c1F. The van der Waals surface area contributed by atoms with Crippen molar-refractivity contribution < 1.29 is 4.39 Å². The van der Waals surface area contributed by atoms with Crippen molar-refractivity contribution in [3.63, 3.8) is 0 Å². The molecule has 0 unspecified atom stereocenters. The first-order valence-corrected chi connectivity index (χ1v) is 3.48. The van der Waals surface area contributed by atoms with E-state index in [0.717, 1.165) is 0 Å². The first-order chi connectivity index (χ1) is 4.63. The minimum atomic E-state index is -0.436. The molecule has 0 saturated heterocycles. The van der Waals surface area contributed by atoms with Gasteiger partial charge in [-0.15, -0.1) is 0 Å². The molecule has 0 aliphatic heterocycles. The van der Waals surface area contributed by atoms with Gasteiger partial charge in [0.15, 0.2) is 0 Å². The molecule has 10 heavy (non-hydrogen) atoms. The smallest absolute Gasteiger partial charge is 0.146 e. The Balaban J connectivity index is 3.34. The third-order valence-corrected chi connectivity index (χ3v) is 2.01. The van der Waals surface area contributed by atoms with Crippen LogP contribution in [-0.4, -0.2) is 0 Å².